The molecule has 0 radical (unpaired) electrons. The van der Waals surface area contributed by atoms with Gasteiger partial charge in [0.05, 0.1) is 13.2 Å². The fourth-order valence-electron chi connectivity index (χ4n) is 5.00. The lowest BCUT2D eigenvalue weighted by Gasteiger charge is -2.45. The highest BCUT2D eigenvalue weighted by atomic mass is 16.7. The molecule has 0 aliphatic carbocycles. The second-order valence-corrected chi connectivity index (χ2v) is 10.3. The van der Waals surface area contributed by atoms with Crippen LogP contribution in [0.3, 0.4) is 0 Å². The Balaban J connectivity index is 1.49. The van der Waals surface area contributed by atoms with Crippen LogP contribution in [0, 0.1) is 0 Å². The highest BCUT2D eigenvalue weighted by Gasteiger charge is 2.51. The molecule has 2 fully saturated rings. The predicted octanol–water partition coefficient (Wildman–Crippen LogP) is -2.71. The maximum absolute atomic E-state index is 13.6. The Bertz CT molecular complexity index is 1550. The first-order chi connectivity index (χ1) is 20.9. The van der Waals surface area contributed by atoms with Gasteiger partial charge < -0.3 is 79.5 Å². The van der Waals surface area contributed by atoms with Gasteiger partial charge in [0.2, 0.25) is 17.5 Å². The Kier molecular flexibility index (Phi) is 8.87. The van der Waals surface area contributed by atoms with Gasteiger partial charge in [0.25, 0.3) is 0 Å². The Hall–Kier alpha value is -3.75. The summed E-state index contributed by atoms with van der Waals surface area (Å²) in [5.41, 5.74) is -1.41. The average Bonchev–Trinajstić information content (AvgIpc) is 2.98. The normalized spacial score (nSPS) is 32.5. The minimum Gasteiger partial charge on any atom is -0.508 e. The SMILES string of the molecule is O=c1c(O[C@@H]2O[C@@H](CO)[C@@H](O[C@@H]3O[C@@H](CO)[C@@H](O)[C@@H](O)[C@H]3O)[C@@H](O)[C@H]2O)c(-c2ccc(O)c(O)c2)oc2cc(O)cc(O)c12. The van der Waals surface area contributed by atoms with E-state index in [1.54, 1.807) is 0 Å². The van der Waals surface area contributed by atoms with Crippen LogP contribution in [0.15, 0.2) is 39.5 Å². The highest BCUT2D eigenvalue weighted by molar-refractivity contribution is 5.88. The van der Waals surface area contributed by atoms with Crippen molar-refractivity contribution in [3.05, 3.63) is 40.6 Å². The molecular formula is C27H30O17. The molecule has 2 saturated heterocycles. The molecule has 17 heteroatoms. The monoisotopic (exact) mass is 626 g/mol. The van der Waals surface area contributed by atoms with E-state index < -0.39 is 120 Å². The van der Waals surface area contributed by atoms with E-state index in [1.165, 1.54) is 6.07 Å². The van der Waals surface area contributed by atoms with Crippen molar-refractivity contribution in [2.75, 3.05) is 13.2 Å². The number of phenols is 4. The van der Waals surface area contributed by atoms with Crippen LogP contribution in [-0.2, 0) is 14.2 Å². The molecule has 1 aromatic heterocycles. The van der Waals surface area contributed by atoms with Gasteiger partial charge in [-0.3, -0.25) is 4.79 Å². The van der Waals surface area contributed by atoms with Crippen molar-refractivity contribution < 1.29 is 79.5 Å². The number of fused-ring (bicyclic) bond motifs is 1. The molecular weight excluding hydrogens is 596 g/mol. The van der Waals surface area contributed by atoms with Crippen LogP contribution < -0.4 is 10.2 Å². The van der Waals surface area contributed by atoms with Crippen molar-refractivity contribution in [3.8, 4) is 40.1 Å². The summed E-state index contributed by atoms with van der Waals surface area (Å²) in [7, 11) is 0. The van der Waals surface area contributed by atoms with Crippen LogP contribution in [0.25, 0.3) is 22.3 Å². The molecule has 0 amide bonds. The van der Waals surface area contributed by atoms with Crippen LogP contribution in [-0.4, -0.2) is 131 Å². The van der Waals surface area contributed by atoms with Crippen LogP contribution in [0.2, 0.25) is 0 Å². The van der Waals surface area contributed by atoms with Gasteiger partial charge in [-0.1, -0.05) is 0 Å². The first kappa shape index (κ1) is 31.7. The quantitative estimate of drug-likeness (QED) is 0.119. The number of aliphatic hydroxyl groups is 7. The third kappa shape index (κ3) is 5.61. The van der Waals surface area contributed by atoms with Gasteiger partial charge in [-0.15, -0.1) is 0 Å². The summed E-state index contributed by atoms with van der Waals surface area (Å²) in [6.07, 6.45) is -17.7. The van der Waals surface area contributed by atoms with Crippen LogP contribution in [0.5, 0.6) is 28.7 Å². The molecule has 44 heavy (non-hydrogen) atoms. The second-order valence-electron chi connectivity index (χ2n) is 10.3. The molecule has 0 saturated carbocycles. The molecule has 17 nitrogen and oxygen atoms in total. The minimum atomic E-state index is -2.04. The molecule has 2 aliphatic heterocycles. The van der Waals surface area contributed by atoms with E-state index in [0.717, 1.165) is 24.3 Å². The predicted molar refractivity (Wildman–Crippen MR) is 142 cm³/mol. The first-order valence-electron chi connectivity index (χ1n) is 13.2. The van der Waals surface area contributed by atoms with Crippen molar-refractivity contribution in [2.45, 2.75) is 61.4 Å². The summed E-state index contributed by atoms with van der Waals surface area (Å²) < 4.78 is 27.8. The summed E-state index contributed by atoms with van der Waals surface area (Å²) in [4.78, 5) is 13.6. The third-order valence-corrected chi connectivity index (χ3v) is 7.35. The van der Waals surface area contributed by atoms with Crippen molar-refractivity contribution in [1.29, 1.82) is 0 Å². The van der Waals surface area contributed by atoms with Crippen LogP contribution >= 0.6 is 0 Å². The van der Waals surface area contributed by atoms with E-state index in [-0.39, 0.29) is 11.1 Å². The van der Waals surface area contributed by atoms with Crippen LogP contribution in [0.1, 0.15) is 0 Å². The zero-order valence-electron chi connectivity index (χ0n) is 22.4. The van der Waals surface area contributed by atoms with E-state index in [0.29, 0.717) is 0 Å². The number of aliphatic hydroxyl groups excluding tert-OH is 7. The zero-order chi connectivity index (χ0) is 32.0. The van der Waals surface area contributed by atoms with E-state index >= 15 is 0 Å². The van der Waals surface area contributed by atoms with Crippen molar-refractivity contribution in [3.63, 3.8) is 0 Å². The lowest BCUT2D eigenvalue weighted by atomic mass is 9.97. The van der Waals surface area contributed by atoms with Gasteiger partial charge in [0.1, 0.15) is 71.3 Å². The lowest BCUT2D eigenvalue weighted by Crippen LogP contribution is -2.65. The van der Waals surface area contributed by atoms with Gasteiger partial charge in [-0.25, -0.2) is 0 Å². The number of ether oxygens (including phenoxy) is 4. The summed E-state index contributed by atoms with van der Waals surface area (Å²) in [5.74, 6) is -3.44. The topological polar surface area (TPSA) is 290 Å². The molecule has 2 aromatic carbocycles. The molecule has 10 atom stereocenters. The van der Waals surface area contributed by atoms with Gasteiger partial charge in [-0.05, 0) is 18.2 Å². The molecule has 0 spiro atoms. The van der Waals surface area contributed by atoms with Gasteiger partial charge in [0, 0.05) is 17.7 Å². The van der Waals surface area contributed by atoms with Crippen molar-refractivity contribution in [1.82, 2.24) is 0 Å². The van der Waals surface area contributed by atoms with E-state index in [9.17, 15) is 61.0 Å². The Morgan fingerprint density at radius 3 is 2.02 bits per heavy atom. The smallest absolute Gasteiger partial charge is 0.239 e. The molecule has 11 N–H and O–H groups in total. The molecule has 0 bridgehead atoms. The number of aromatic hydroxyl groups is 4. The average molecular weight is 627 g/mol. The largest absolute Gasteiger partial charge is 0.508 e. The van der Waals surface area contributed by atoms with Crippen LogP contribution in [0.4, 0.5) is 0 Å². The summed E-state index contributed by atoms with van der Waals surface area (Å²) in [5, 5.41) is 111. The molecule has 3 heterocycles. The van der Waals surface area contributed by atoms with E-state index in [2.05, 4.69) is 0 Å². The standard InChI is InChI=1S/C27H30O17/c28-6-14-17(34)19(36)21(38)26(41-14)43-24-15(7-29)42-27(22(39)20(24)37)44-25-18(35)16-12(33)4-9(30)5-13(16)40-23(25)8-1-2-10(31)11(32)3-8/h1-5,14-15,17,19-22,24,26-34,36-39H,6-7H2/t14-,15-,17+,19+,20-,21+,22+,24+,26-,27-/m0/s1. The lowest BCUT2D eigenvalue weighted by molar-refractivity contribution is -0.352. The Morgan fingerprint density at radius 1 is 0.705 bits per heavy atom. The van der Waals surface area contributed by atoms with Crippen molar-refractivity contribution in [2.24, 2.45) is 0 Å². The fourth-order valence-corrected chi connectivity index (χ4v) is 5.00. The fraction of sp³-hybridized carbons (Fsp3) is 0.444. The first-order valence-corrected chi connectivity index (χ1v) is 13.2. The zero-order valence-corrected chi connectivity index (χ0v) is 22.4. The van der Waals surface area contributed by atoms with E-state index in [4.69, 9.17) is 23.4 Å². The Morgan fingerprint density at radius 2 is 1.36 bits per heavy atom. The van der Waals surface area contributed by atoms with Gasteiger partial charge >= 0.3 is 0 Å². The van der Waals surface area contributed by atoms with E-state index in [1.807, 2.05) is 0 Å². The summed E-state index contributed by atoms with van der Waals surface area (Å²) >= 11 is 0. The maximum atomic E-state index is 13.6. The number of hydrogen-bond acceptors (Lipinski definition) is 17. The molecule has 0 unspecified atom stereocenters. The maximum Gasteiger partial charge on any atom is 0.239 e. The van der Waals surface area contributed by atoms with Gasteiger partial charge in [0.15, 0.2) is 23.5 Å². The summed E-state index contributed by atoms with van der Waals surface area (Å²) in [6, 6.07) is 5.17. The summed E-state index contributed by atoms with van der Waals surface area (Å²) in [6.45, 7) is -1.67. The highest BCUT2D eigenvalue weighted by Crippen LogP contribution is 2.39. The number of phenolic OH excluding ortho intramolecular Hbond substituents is 4. The number of hydrogen-bond donors (Lipinski definition) is 11. The number of rotatable bonds is 7. The van der Waals surface area contributed by atoms with Crippen molar-refractivity contribution >= 4 is 11.0 Å². The molecule has 2 aliphatic rings. The third-order valence-electron chi connectivity index (χ3n) is 7.35. The molecule has 5 rings (SSSR count). The van der Waals surface area contributed by atoms with Gasteiger partial charge in [-0.2, -0.15) is 0 Å². The molecule has 240 valence electrons. The number of benzene rings is 2. The minimum absolute atomic E-state index is 0.0504. The Labute approximate surface area is 246 Å². The second kappa shape index (κ2) is 12.3. The molecule has 3 aromatic rings.